The van der Waals surface area contributed by atoms with Crippen LogP contribution in [0.4, 0.5) is 5.69 Å². The highest BCUT2D eigenvalue weighted by Crippen LogP contribution is 2.17. The molecule has 0 saturated carbocycles. The van der Waals surface area contributed by atoms with Crippen LogP contribution in [0.2, 0.25) is 0 Å². The summed E-state index contributed by atoms with van der Waals surface area (Å²) in [6.07, 6.45) is 1.13. The van der Waals surface area contributed by atoms with Crippen LogP contribution >= 0.6 is 11.8 Å². The van der Waals surface area contributed by atoms with Crippen molar-refractivity contribution in [2.75, 3.05) is 11.1 Å². The molecule has 0 fully saturated rings. The summed E-state index contributed by atoms with van der Waals surface area (Å²) in [6, 6.07) is 5.75. The smallest absolute Gasteiger partial charge is 0.271 e. The van der Waals surface area contributed by atoms with Gasteiger partial charge in [-0.15, -0.1) is 10.2 Å². The van der Waals surface area contributed by atoms with Gasteiger partial charge in [-0.3, -0.25) is 14.6 Å². The first-order chi connectivity index (χ1) is 11.0. The Morgan fingerprint density at radius 3 is 2.91 bits per heavy atom. The normalized spacial score (nSPS) is 10.9. The van der Waals surface area contributed by atoms with Crippen molar-refractivity contribution in [3.05, 3.63) is 45.9 Å². The highest BCUT2D eigenvalue weighted by atomic mass is 32.2. The SMILES string of the molecule is Cc1ccc(NC(=O)CSc2nnc3[nH]c(=O)cnn23)cc1C. The molecule has 0 spiro atoms. The lowest BCUT2D eigenvalue weighted by Gasteiger charge is -2.07. The molecule has 3 aromatic rings. The monoisotopic (exact) mass is 330 g/mol. The van der Waals surface area contributed by atoms with E-state index in [1.165, 1.54) is 21.8 Å². The number of carbonyl (C=O) groups excluding carboxylic acids is 1. The van der Waals surface area contributed by atoms with E-state index in [9.17, 15) is 9.59 Å². The van der Waals surface area contributed by atoms with Gasteiger partial charge in [-0.2, -0.15) is 9.61 Å². The number of nitrogens with zero attached hydrogens (tertiary/aromatic N) is 4. The van der Waals surface area contributed by atoms with Gasteiger partial charge in [-0.1, -0.05) is 17.8 Å². The Labute approximate surface area is 135 Å². The summed E-state index contributed by atoms with van der Waals surface area (Å²) in [5.41, 5.74) is 2.70. The number of aromatic nitrogens is 5. The van der Waals surface area contributed by atoms with E-state index in [1.807, 2.05) is 32.0 Å². The Balaban J connectivity index is 1.66. The van der Waals surface area contributed by atoms with E-state index in [0.717, 1.165) is 17.4 Å². The number of aromatic amines is 1. The number of fused-ring (bicyclic) bond motifs is 1. The van der Waals surface area contributed by atoms with E-state index in [-0.39, 0.29) is 23.0 Å². The maximum absolute atomic E-state index is 12.0. The quantitative estimate of drug-likeness (QED) is 0.696. The van der Waals surface area contributed by atoms with Crippen molar-refractivity contribution in [3.8, 4) is 0 Å². The van der Waals surface area contributed by atoms with Crippen molar-refractivity contribution < 1.29 is 4.79 Å². The van der Waals surface area contributed by atoms with E-state index in [2.05, 4.69) is 25.6 Å². The molecule has 1 amide bonds. The van der Waals surface area contributed by atoms with Gasteiger partial charge in [0.15, 0.2) is 0 Å². The van der Waals surface area contributed by atoms with Crippen molar-refractivity contribution in [3.63, 3.8) is 0 Å². The molecule has 0 atom stereocenters. The number of carbonyl (C=O) groups is 1. The lowest BCUT2D eigenvalue weighted by molar-refractivity contribution is -0.113. The standard InChI is InChI=1S/C14H14N6O2S/c1-8-3-4-10(5-9(8)2)16-12(22)7-23-14-19-18-13-17-11(21)6-15-20(13)14/h3-6H,7H2,1-2H3,(H,16,22)(H,17,18,21). The minimum atomic E-state index is -0.353. The molecule has 9 heteroatoms. The zero-order chi connectivity index (χ0) is 16.4. The number of hydrogen-bond acceptors (Lipinski definition) is 6. The average Bonchev–Trinajstić information content (AvgIpc) is 2.91. The number of amides is 1. The summed E-state index contributed by atoms with van der Waals surface area (Å²) in [5, 5.41) is 14.9. The van der Waals surface area contributed by atoms with Gasteiger partial charge < -0.3 is 5.32 Å². The maximum Gasteiger partial charge on any atom is 0.271 e. The zero-order valence-electron chi connectivity index (χ0n) is 12.5. The molecule has 23 heavy (non-hydrogen) atoms. The van der Waals surface area contributed by atoms with Crippen molar-refractivity contribution >= 4 is 29.1 Å². The van der Waals surface area contributed by atoms with Crippen LogP contribution in [0, 0.1) is 13.8 Å². The zero-order valence-corrected chi connectivity index (χ0v) is 13.3. The molecule has 0 aliphatic carbocycles. The molecule has 8 nitrogen and oxygen atoms in total. The van der Waals surface area contributed by atoms with Crippen molar-refractivity contribution in [1.29, 1.82) is 0 Å². The number of H-pyrrole nitrogens is 1. The topological polar surface area (TPSA) is 105 Å². The van der Waals surface area contributed by atoms with Gasteiger partial charge in [0.05, 0.1) is 5.75 Å². The first-order valence-electron chi connectivity index (χ1n) is 6.83. The fourth-order valence-corrected chi connectivity index (χ4v) is 2.62. The van der Waals surface area contributed by atoms with Gasteiger partial charge in [-0.25, -0.2) is 0 Å². The highest BCUT2D eigenvalue weighted by molar-refractivity contribution is 7.99. The van der Waals surface area contributed by atoms with Crippen molar-refractivity contribution in [2.24, 2.45) is 0 Å². The molecule has 0 saturated heterocycles. The maximum atomic E-state index is 12.0. The Morgan fingerprint density at radius 1 is 1.30 bits per heavy atom. The molecule has 2 aromatic heterocycles. The van der Waals surface area contributed by atoms with Gasteiger partial charge in [0.2, 0.25) is 11.1 Å². The van der Waals surface area contributed by atoms with Crippen molar-refractivity contribution in [2.45, 2.75) is 19.0 Å². The fourth-order valence-electron chi connectivity index (χ4n) is 1.94. The summed E-state index contributed by atoms with van der Waals surface area (Å²) in [7, 11) is 0. The predicted molar refractivity (Wildman–Crippen MR) is 86.7 cm³/mol. The van der Waals surface area contributed by atoms with Gasteiger partial charge >= 0.3 is 0 Å². The van der Waals surface area contributed by atoms with Crippen molar-refractivity contribution in [1.82, 2.24) is 24.8 Å². The number of benzene rings is 1. The molecule has 2 heterocycles. The van der Waals surface area contributed by atoms with Crippen LogP contribution in [0.3, 0.4) is 0 Å². The molecule has 0 radical (unpaired) electrons. The molecule has 0 aliphatic rings. The fraction of sp³-hybridized carbons (Fsp3) is 0.214. The summed E-state index contributed by atoms with van der Waals surface area (Å²) >= 11 is 1.19. The van der Waals surface area contributed by atoms with Crippen LogP contribution in [-0.4, -0.2) is 36.5 Å². The Morgan fingerprint density at radius 2 is 2.13 bits per heavy atom. The van der Waals surface area contributed by atoms with Gasteiger partial charge in [0.1, 0.15) is 6.20 Å². The minimum Gasteiger partial charge on any atom is -0.325 e. The second kappa shape index (κ2) is 6.21. The number of aryl methyl sites for hydroxylation is 2. The largest absolute Gasteiger partial charge is 0.325 e. The van der Waals surface area contributed by atoms with Gasteiger partial charge in [-0.05, 0) is 37.1 Å². The molecular weight excluding hydrogens is 316 g/mol. The number of anilines is 1. The summed E-state index contributed by atoms with van der Waals surface area (Å²) in [6.45, 7) is 4.01. The summed E-state index contributed by atoms with van der Waals surface area (Å²) < 4.78 is 1.38. The molecule has 0 bridgehead atoms. The number of hydrogen-bond donors (Lipinski definition) is 2. The van der Waals surface area contributed by atoms with E-state index in [4.69, 9.17) is 0 Å². The second-order valence-corrected chi connectivity index (χ2v) is 5.93. The lowest BCUT2D eigenvalue weighted by atomic mass is 10.1. The summed E-state index contributed by atoms with van der Waals surface area (Å²) in [4.78, 5) is 25.7. The third kappa shape index (κ3) is 3.39. The van der Waals surface area contributed by atoms with E-state index in [1.54, 1.807) is 0 Å². The molecule has 118 valence electrons. The Hall–Kier alpha value is -2.68. The van der Waals surface area contributed by atoms with E-state index >= 15 is 0 Å². The molecule has 0 unspecified atom stereocenters. The van der Waals surface area contributed by atoms with Crippen LogP contribution in [-0.2, 0) is 4.79 Å². The third-order valence-electron chi connectivity index (χ3n) is 3.26. The van der Waals surface area contributed by atoms with Crippen LogP contribution in [0.5, 0.6) is 0 Å². The number of thioether (sulfide) groups is 1. The molecule has 0 aliphatic heterocycles. The van der Waals surface area contributed by atoms with Crippen LogP contribution in [0.1, 0.15) is 11.1 Å². The van der Waals surface area contributed by atoms with Gasteiger partial charge in [0.25, 0.3) is 11.3 Å². The van der Waals surface area contributed by atoms with Crippen LogP contribution in [0.25, 0.3) is 5.78 Å². The Bertz CT molecular complexity index is 932. The lowest BCUT2D eigenvalue weighted by Crippen LogP contribution is -2.15. The second-order valence-electron chi connectivity index (χ2n) is 4.99. The third-order valence-corrected chi connectivity index (χ3v) is 4.18. The molecular formula is C14H14N6O2S. The molecule has 2 N–H and O–H groups in total. The van der Waals surface area contributed by atoms with E-state index in [0.29, 0.717) is 5.16 Å². The summed E-state index contributed by atoms with van der Waals surface area (Å²) in [5.74, 6) is 0.253. The number of rotatable bonds is 4. The highest BCUT2D eigenvalue weighted by Gasteiger charge is 2.11. The molecule has 1 aromatic carbocycles. The van der Waals surface area contributed by atoms with Crippen LogP contribution in [0.15, 0.2) is 34.3 Å². The van der Waals surface area contributed by atoms with E-state index < -0.39 is 0 Å². The number of nitrogens with one attached hydrogen (secondary N) is 2. The van der Waals surface area contributed by atoms with Crippen LogP contribution < -0.4 is 10.9 Å². The first-order valence-corrected chi connectivity index (χ1v) is 7.82. The predicted octanol–water partition coefficient (Wildman–Crippen LogP) is 1.16. The average molecular weight is 330 g/mol. The minimum absolute atomic E-state index is 0.153. The van der Waals surface area contributed by atoms with Gasteiger partial charge in [0, 0.05) is 5.69 Å². The molecule has 3 rings (SSSR count). The first kappa shape index (κ1) is 15.2. The Kier molecular flexibility index (Phi) is 4.11.